The molecule has 0 atom stereocenters. The van der Waals surface area contributed by atoms with Crippen LogP contribution in [0.3, 0.4) is 0 Å². The second-order valence-electron chi connectivity index (χ2n) is 5.14. The fourth-order valence-electron chi connectivity index (χ4n) is 2.52. The number of hydrogen-bond donors (Lipinski definition) is 1. The Morgan fingerprint density at radius 2 is 2.14 bits per heavy atom. The van der Waals surface area contributed by atoms with E-state index in [0.29, 0.717) is 6.54 Å². The SMILES string of the molecule is Cc1cc(C)c2c(n1)SCCN2C(=O)Nc1ccccc1F. The van der Waals surface area contributed by atoms with E-state index in [-0.39, 0.29) is 11.7 Å². The number of anilines is 2. The lowest BCUT2D eigenvalue weighted by Gasteiger charge is -2.30. The van der Waals surface area contributed by atoms with E-state index in [0.717, 1.165) is 27.7 Å². The minimum atomic E-state index is -0.443. The highest BCUT2D eigenvalue weighted by Crippen LogP contribution is 2.36. The van der Waals surface area contributed by atoms with Crippen molar-refractivity contribution in [1.29, 1.82) is 0 Å². The number of pyridine rings is 1. The number of nitrogens with one attached hydrogen (secondary N) is 1. The number of nitrogens with zero attached hydrogens (tertiary/aromatic N) is 2. The van der Waals surface area contributed by atoms with Gasteiger partial charge in [-0.15, -0.1) is 11.8 Å². The normalized spacial score (nSPS) is 13.7. The molecule has 4 nitrogen and oxygen atoms in total. The molecule has 22 heavy (non-hydrogen) atoms. The smallest absolute Gasteiger partial charge is 0.305 e. The van der Waals surface area contributed by atoms with Crippen LogP contribution in [0.15, 0.2) is 35.4 Å². The number of benzene rings is 1. The van der Waals surface area contributed by atoms with Gasteiger partial charge in [-0.1, -0.05) is 12.1 Å². The lowest BCUT2D eigenvalue weighted by molar-refractivity contribution is 0.257. The van der Waals surface area contributed by atoms with Gasteiger partial charge in [0.1, 0.15) is 10.8 Å². The summed E-state index contributed by atoms with van der Waals surface area (Å²) in [5, 5.41) is 3.49. The van der Waals surface area contributed by atoms with Gasteiger partial charge in [-0.2, -0.15) is 0 Å². The lowest BCUT2D eigenvalue weighted by atomic mass is 10.2. The Kier molecular flexibility index (Phi) is 4.02. The van der Waals surface area contributed by atoms with E-state index >= 15 is 0 Å². The molecule has 1 aromatic heterocycles. The van der Waals surface area contributed by atoms with Crippen molar-refractivity contribution < 1.29 is 9.18 Å². The molecule has 2 aromatic rings. The summed E-state index contributed by atoms with van der Waals surface area (Å²) in [5.41, 5.74) is 2.93. The van der Waals surface area contributed by atoms with Gasteiger partial charge in [0.2, 0.25) is 0 Å². The van der Waals surface area contributed by atoms with Crippen molar-refractivity contribution in [3.05, 3.63) is 47.4 Å². The predicted molar refractivity (Wildman–Crippen MR) is 87.2 cm³/mol. The minimum Gasteiger partial charge on any atom is -0.305 e. The topological polar surface area (TPSA) is 45.2 Å². The summed E-state index contributed by atoms with van der Waals surface area (Å²) in [4.78, 5) is 18.7. The molecule has 1 aliphatic heterocycles. The molecule has 0 saturated heterocycles. The molecule has 0 radical (unpaired) electrons. The third kappa shape index (κ3) is 2.78. The molecule has 2 amide bonds. The molecule has 0 spiro atoms. The van der Waals surface area contributed by atoms with Crippen LogP contribution in [-0.2, 0) is 0 Å². The van der Waals surface area contributed by atoms with Gasteiger partial charge in [0.25, 0.3) is 0 Å². The first kappa shape index (κ1) is 14.8. The summed E-state index contributed by atoms with van der Waals surface area (Å²) in [6, 6.07) is 7.77. The number of amides is 2. The Balaban J connectivity index is 1.91. The Morgan fingerprint density at radius 3 is 2.91 bits per heavy atom. The van der Waals surface area contributed by atoms with Crippen molar-refractivity contribution >= 4 is 29.2 Å². The lowest BCUT2D eigenvalue weighted by Crippen LogP contribution is -2.39. The molecular formula is C16H16FN3OS. The van der Waals surface area contributed by atoms with Gasteiger partial charge in [0.15, 0.2) is 0 Å². The van der Waals surface area contributed by atoms with Crippen LogP contribution in [0.5, 0.6) is 0 Å². The van der Waals surface area contributed by atoms with Crippen LogP contribution in [0.4, 0.5) is 20.6 Å². The highest BCUT2D eigenvalue weighted by Gasteiger charge is 2.26. The summed E-state index contributed by atoms with van der Waals surface area (Å²) in [7, 11) is 0. The summed E-state index contributed by atoms with van der Waals surface area (Å²) < 4.78 is 13.7. The van der Waals surface area contributed by atoms with Crippen LogP contribution in [0.1, 0.15) is 11.3 Å². The number of fused-ring (bicyclic) bond motifs is 1. The maximum Gasteiger partial charge on any atom is 0.326 e. The van der Waals surface area contributed by atoms with Crippen LogP contribution in [0, 0.1) is 19.7 Å². The number of aryl methyl sites for hydroxylation is 2. The highest BCUT2D eigenvalue weighted by atomic mass is 32.2. The van der Waals surface area contributed by atoms with Gasteiger partial charge in [0.05, 0.1) is 11.4 Å². The molecule has 1 aromatic carbocycles. The summed E-state index contributed by atoms with van der Waals surface area (Å²) in [6.07, 6.45) is 0. The quantitative estimate of drug-likeness (QED) is 0.865. The van der Waals surface area contributed by atoms with E-state index < -0.39 is 5.82 Å². The third-order valence-corrected chi connectivity index (χ3v) is 4.41. The fraction of sp³-hybridized carbons (Fsp3) is 0.250. The number of thioether (sulfide) groups is 1. The maximum absolute atomic E-state index is 13.7. The number of urea groups is 1. The summed E-state index contributed by atoms with van der Waals surface area (Å²) in [5.74, 6) is 0.328. The summed E-state index contributed by atoms with van der Waals surface area (Å²) in [6.45, 7) is 4.47. The van der Waals surface area contributed by atoms with Gasteiger partial charge >= 0.3 is 6.03 Å². The van der Waals surface area contributed by atoms with E-state index in [9.17, 15) is 9.18 Å². The number of carbonyl (C=O) groups excluding carboxylic acids is 1. The standard InChI is InChI=1S/C16H16FN3OS/c1-10-9-11(2)18-15-14(10)20(7-8-22-15)16(21)19-13-6-4-3-5-12(13)17/h3-6,9H,7-8H2,1-2H3,(H,19,21). The monoisotopic (exact) mass is 317 g/mol. The molecule has 0 aliphatic carbocycles. The van der Waals surface area contributed by atoms with E-state index in [1.807, 2.05) is 19.9 Å². The second-order valence-corrected chi connectivity index (χ2v) is 6.23. The van der Waals surface area contributed by atoms with Crippen molar-refractivity contribution in [3.8, 4) is 0 Å². The van der Waals surface area contributed by atoms with E-state index in [2.05, 4.69) is 10.3 Å². The Labute approximate surface area is 132 Å². The number of halogens is 1. The maximum atomic E-state index is 13.7. The van der Waals surface area contributed by atoms with Crippen LogP contribution in [0.2, 0.25) is 0 Å². The fourth-order valence-corrected chi connectivity index (χ4v) is 3.60. The van der Waals surface area contributed by atoms with Gasteiger partial charge in [-0.3, -0.25) is 4.90 Å². The largest absolute Gasteiger partial charge is 0.326 e. The van der Waals surface area contributed by atoms with Crippen molar-refractivity contribution in [2.75, 3.05) is 22.5 Å². The van der Waals surface area contributed by atoms with Gasteiger partial charge in [0, 0.05) is 18.0 Å². The molecule has 114 valence electrons. The highest BCUT2D eigenvalue weighted by molar-refractivity contribution is 7.99. The average Bonchev–Trinajstić information content (AvgIpc) is 2.48. The van der Waals surface area contributed by atoms with Crippen LogP contribution < -0.4 is 10.2 Å². The number of hydrogen-bond acceptors (Lipinski definition) is 3. The Hall–Kier alpha value is -2.08. The molecule has 6 heteroatoms. The van der Waals surface area contributed by atoms with Crippen molar-refractivity contribution in [2.24, 2.45) is 0 Å². The molecule has 2 heterocycles. The van der Waals surface area contributed by atoms with E-state index in [1.165, 1.54) is 6.07 Å². The van der Waals surface area contributed by atoms with Crippen molar-refractivity contribution in [2.45, 2.75) is 18.9 Å². The minimum absolute atomic E-state index is 0.185. The molecule has 3 rings (SSSR count). The molecule has 0 unspecified atom stereocenters. The Morgan fingerprint density at radius 1 is 1.36 bits per heavy atom. The van der Waals surface area contributed by atoms with Crippen molar-refractivity contribution in [1.82, 2.24) is 4.98 Å². The number of aromatic nitrogens is 1. The molecule has 1 aliphatic rings. The van der Waals surface area contributed by atoms with Crippen LogP contribution in [-0.4, -0.2) is 23.3 Å². The van der Waals surface area contributed by atoms with Crippen molar-refractivity contribution in [3.63, 3.8) is 0 Å². The third-order valence-electron chi connectivity index (χ3n) is 3.46. The average molecular weight is 317 g/mol. The van der Waals surface area contributed by atoms with E-state index in [1.54, 1.807) is 34.9 Å². The second kappa shape index (κ2) is 5.96. The number of carbonyl (C=O) groups is 1. The predicted octanol–water partition coefficient (Wildman–Crippen LogP) is 3.98. The first-order valence-electron chi connectivity index (χ1n) is 7.00. The number of para-hydroxylation sites is 1. The molecule has 1 N–H and O–H groups in total. The number of rotatable bonds is 1. The first-order chi connectivity index (χ1) is 10.6. The zero-order valence-corrected chi connectivity index (χ0v) is 13.2. The molecule has 0 bridgehead atoms. The Bertz CT molecular complexity index is 735. The van der Waals surface area contributed by atoms with E-state index in [4.69, 9.17) is 0 Å². The zero-order chi connectivity index (χ0) is 15.7. The summed E-state index contributed by atoms with van der Waals surface area (Å²) >= 11 is 1.64. The molecule has 0 saturated carbocycles. The van der Waals surface area contributed by atoms with Crippen LogP contribution in [0.25, 0.3) is 0 Å². The zero-order valence-electron chi connectivity index (χ0n) is 12.4. The first-order valence-corrected chi connectivity index (χ1v) is 7.99. The van der Waals surface area contributed by atoms with Gasteiger partial charge < -0.3 is 5.32 Å². The van der Waals surface area contributed by atoms with Crippen LogP contribution >= 0.6 is 11.8 Å². The van der Waals surface area contributed by atoms with Gasteiger partial charge in [-0.05, 0) is 37.6 Å². The van der Waals surface area contributed by atoms with Gasteiger partial charge in [-0.25, -0.2) is 14.2 Å². The molecular weight excluding hydrogens is 301 g/mol. The molecule has 0 fully saturated rings.